The number of para-hydroxylation sites is 1. The molecule has 154 valence electrons. The van der Waals surface area contributed by atoms with Crippen molar-refractivity contribution in [3.05, 3.63) is 95.6 Å². The number of rotatable bonds is 7. The molecule has 0 fully saturated rings. The predicted octanol–water partition coefficient (Wildman–Crippen LogP) is -0.115. The Morgan fingerprint density at radius 2 is 1.23 bits per heavy atom. The number of ether oxygens (including phenoxy) is 2. The van der Waals surface area contributed by atoms with Crippen LogP contribution in [0.15, 0.2) is 78.9 Å². The summed E-state index contributed by atoms with van der Waals surface area (Å²) >= 11 is 0. The summed E-state index contributed by atoms with van der Waals surface area (Å²) in [7, 11) is -4.69. The first-order valence-electron chi connectivity index (χ1n) is 8.41. The van der Waals surface area contributed by atoms with Gasteiger partial charge in [0.05, 0.1) is 20.5 Å². The molecule has 0 bridgehead atoms. The molecule has 0 heterocycles. The summed E-state index contributed by atoms with van der Waals surface area (Å²) in [5.41, 5.74) is 2.58. The maximum absolute atomic E-state index is 11.3. The third-order valence-electron chi connectivity index (χ3n) is 3.60. The van der Waals surface area contributed by atoms with Gasteiger partial charge in [0.1, 0.15) is 13.2 Å². The molecule has 1 N–H and O–H groups in total. The molecule has 0 aromatic heterocycles. The van der Waals surface area contributed by atoms with Crippen LogP contribution in [0.5, 0.6) is 11.5 Å². The Morgan fingerprint density at radius 1 is 0.767 bits per heavy atom. The van der Waals surface area contributed by atoms with E-state index in [0.717, 1.165) is 17.4 Å². The van der Waals surface area contributed by atoms with Crippen LogP contribution in [0.3, 0.4) is 0 Å². The van der Waals surface area contributed by atoms with Crippen molar-refractivity contribution in [2.24, 2.45) is 0 Å². The minimum atomic E-state index is -4.69. The van der Waals surface area contributed by atoms with Crippen molar-refractivity contribution in [1.29, 1.82) is 0 Å². The second-order valence-electron chi connectivity index (χ2n) is 5.74. The third-order valence-corrected chi connectivity index (χ3v) is 3.60. The van der Waals surface area contributed by atoms with Gasteiger partial charge in [-0.15, -0.1) is 0 Å². The molecule has 0 aliphatic rings. The van der Waals surface area contributed by atoms with Crippen LogP contribution in [0.25, 0.3) is 0 Å². The monoisotopic (exact) mass is 426 g/mol. The van der Waals surface area contributed by atoms with Gasteiger partial charge in [-0.2, -0.15) is 14.0 Å². The molecule has 0 aliphatic carbocycles. The van der Waals surface area contributed by atoms with Crippen molar-refractivity contribution < 1.29 is 43.1 Å². The van der Waals surface area contributed by atoms with Crippen molar-refractivity contribution in [2.75, 3.05) is 0 Å². The minimum absolute atomic E-state index is 0. The van der Waals surface area contributed by atoms with E-state index >= 15 is 0 Å². The maximum Gasteiger partial charge on any atom is 0.0777 e. The zero-order valence-corrected chi connectivity index (χ0v) is 16.0. The number of aldehydes is 1. The Bertz CT molecular complexity index is 881. The van der Waals surface area contributed by atoms with Crippen LogP contribution in [0, 0.1) is 10.2 Å². The molecule has 30 heavy (non-hydrogen) atoms. The number of hydrogen-bond donors (Lipinski definition) is 1. The second kappa shape index (κ2) is 13.1. The van der Waals surface area contributed by atoms with E-state index in [1.54, 1.807) is 12.1 Å². The molecule has 9 heteroatoms. The number of benzene rings is 3. The minimum Gasteiger partial charge on any atom is -0.183 e. The molecule has 7 nitrogen and oxygen atoms in total. The summed E-state index contributed by atoms with van der Waals surface area (Å²) in [6, 6.07) is 25.0. The van der Waals surface area contributed by atoms with Gasteiger partial charge in [0.25, 0.3) is 0 Å². The number of hydrogen-bond acceptors (Lipinski definition) is 7. The maximum atomic E-state index is 11.3. The normalized spacial score (nSPS) is 10.1. The quantitative estimate of drug-likeness (QED) is 0.412. The zero-order valence-electron chi connectivity index (χ0n) is 15.3. The Labute approximate surface area is 188 Å². The van der Waals surface area contributed by atoms with E-state index in [2.05, 4.69) is 0 Å². The van der Waals surface area contributed by atoms with Gasteiger partial charge in [0, 0.05) is 0 Å². The van der Waals surface area contributed by atoms with Crippen molar-refractivity contribution >= 4 is 25.1 Å². The molecule has 0 spiro atoms. The van der Waals surface area contributed by atoms with E-state index in [-0.39, 0.29) is 18.9 Å². The topological polar surface area (TPSA) is 125 Å². The molecular weight excluding hydrogens is 407 g/mol. The van der Waals surface area contributed by atoms with Crippen LogP contribution < -0.4 is 23.5 Å². The van der Waals surface area contributed by atoms with Crippen LogP contribution in [-0.4, -0.2) is 29.8 Å². The van der Waals surface area contributed by atoms with Gasteiger partial charge < -0.3 is 9.47 Å². The van der Waals surface area contributed by atoms with Crippen LogP contribution in [0.1, 0.15) is 21.5 Å². The molecule has 0 aliphatic heterocycles. The van der Waals surface area contributed by atoms with Gasteiger partial charge >= 0.3 is 18.9 Å². The first-order valence-corrected chi connectivity index (χ1v) is 9.68. The predicted molar refractivity (Wildman–Crippen MR) is 103 cm³/mol. The van der Waals surface area contributed by atoms with Crippen LogP contribution in [0.4, 0.5) is 0 Å². The van der Waals surface area contributed by atoms with E-state index in [4.69, 9.17) is 28.1 Å². The fraction of sp³-hybridized carbons (Fsp3) is 0.0952. The van der Waals surface area contributed by atoms with Gasteiger partial charge in [-0.3, -0.25) is 4.79 Å². The van der Waals surface area contributed by atoms with Crippen molar-refractivity contribution in [2.45, 2.75) is 13.2 Å². The summed E-state index contributed by atoms with van der Waals surface area (Å²) in [6.07, 6.45) is 0.787. The number of carbonyl (C=O) groups excluding carboxylic acids is 1. The van der Waals surface area contributed by atoms with E-state index in [1.165, 1.54) is 0 Å². The summed E-state index contributed by atoms with van der Waals surface area (Å²) in [6.45, 7) is 0.804. The average molecular weight is 427 g/mol. The smallest absolute Gasteiger partial charge is 0.0777 e. The molecule has 0 radical (unpaired) electrons. The van der Waals surface area contributed by atoms with E-state index in [0.29, 0.717) is 30.3 Å². The fourth-order valence-electron chi connectivity index (χ4n) is 2.36. The largest absolute Gasteiger partial charge is 0.183 e. The zero-order chi connectivity index (χ0) is 21.1. The van der Waals surface area contributed by atoms with Crippen LogP contribution in [-0.2, 0) is 13.2 Å². The van der Waals surface area contributed by atoms with Crippen molar-refractivity contribution in [1.82, 2.24) is 0 Å². The number of halogens is 1. The average Bonchev–Trinajstić information content (AvgIpc) is 2.71. The SMILES string of the molecule is O=Cc1cccc(OCc2ccccc2)c1OCc1ccccc1.[LiH].[O-][Cl+3]([O-])([O-])O. The molecule has 0 amide bonds. The Balaban J connectivity index is 0.000000674. The third kappa shape index (κ3) is 9.92. The standard InChI is InChI=1S/C21H18O3.ClHO4.Li.H/c22-14-19-12-7-13-20(23-15-17-8-3-1-4-9-17)21(19)24-16-18-10-5-2-6-11-18;2-1(3,4)5;;/h1-14H,15-16H2;(H,2,3,4,5);;. The fourth-order valence-corrected chi connectivity index (χ4v) is 2.36. The Hall–Kier alpha value is -2.34. The molecular formula is C21H20ClLiO7. The molecule has 3 aromatic rings. The Kier molecular flexibility index (Phi) is 11.2. The molecule has 0 atom stereocenters. The van der Waals surface area contributed by atoms with Gasteiger partial charge in [-0.05, 0) is 23.3 Å². The van der Waals surface area contributed by atoms with Crippen LogP contribution >= 0.6 is 0 Å². The summed E-state index contributed by atoms with van der Waals surface area (Å²) < 4.78 is 44.5. The molecule has 3 aromatic carbocycles. The van der Waals surface area contributed by atoms with Gasteiger partial charge in [0.15, 0.2) is 17.8 Å². The summed E-state index contributed by atoms with van der Waals surface area (Å²) in [5, 5.41) is 0. The van der Waals surface area contributed by atoms with Gasteiger partial charge in [0.2, 0.25) is 0 Å². The second-order valence-corrected chi connectivity index (χ2v) is 6.53. The van der Waals surface area contributed by atoms with Gasteiger partial charge in [-0.25, -0.2) is 0 Å². The Morgan fingerprint density at radius 3 is 1.70 bits per heavy atom. The first kappa shape index (κ1) is 25.7. The summed E-state index contributed by atoms with van der Waals surface area (Å²) in [5.74, 6) is 1.05. The molecule has 0 saturated heterocycles. The summed E-state index contributed by atoms with van der Waals surface area (Å²) in [4.78, 5) is 11.3. The van der Waals surface area contributed by atoms with E-state index < -0.39 is 10.2 Å². The molecule has 3 rings (SSSR count). The van der Waals surface area contributed by atoms with E-state index in [9.17, 15) is 4.79 Å². The molecule has 0 saturated carbocycles. The molecule has 0 unspecified atom stereocenters. The van der Waals surface area contributed by atoms with Gasteiger partial charge in [-0.1, -0.05) is 66.7 Å². The van der Waals surface area contributed by atoms with Crippen LogP contribution in [0.2, 0.25) is 0 Å². The number of carbonyl (C=O) groups is 1. The first-order chi connectivity index (χ1) is 13.9. The van der Waals surface area contributed by atoms with Crippen molar-refractivity contribution in [3.8, 4) is 11.5 Å². The van der Waals surface area contributed by atoms with E-state index in [1.807, 2.05) is 66.7 Å². The van der Waals surface area contributed by atoms with Crippen molar-refractivity contribution in [3.63, 3.8) is 0 Å².